The molecule has 0 bridgehead atoms. The fraction of sp³-hybridized carbons (Fsp3) is 0.634. The van der Waals surface area contributed by atoms with Gasteiger partial charge in [-0.25, -0.2) is 4.57 Å². The quantitative estimate of drug-likeness (QED) is 0.0165. The molecule has 0 spiro atoms. The van der Waals surface area contributed by atoms with E-state index in [1.807, 2.05) is 6.08 Å². The van der Waals surface area contributed by atoms with E-state index in [1.54, 1.807) is 12.2 Å². The van der Waals surface area contributed by atoms with Crippen molar-refractivity contribution in [3.63, 3.8) is 0 Å². The van der Waals surface area contributed by atoms with Crippen LogP contribution in [0.1, 0.15) is 149 Å². The van der Waals surface area contributed by atoms with Crippen molar-refractivity contribution < 1.29 is 42.7 Å². The highest BCUT2D eigenvalue weighted by atomic mass is 31.2. The number of allylic oxidation sites excluding steroid dienone is 12. The first kappa shape index (κ1) is 48.2. The molecule has 0 aromatic heterocycles. The number of hydrogen-bond acceptors (Lipinski definition) is 7. The molecule has 0 saturated heterocycles. The second kappa shape index (κ2) is 35.6. The monoisotopic (exact) mass is 734 g/mol. The number of esters is 2. The molecule has 1 atom stereocenters. The van der Waals surface area contributed by atoms with Crippen LogP contribution in [-0.2, 0) is 32.9 Å². The van der Waals surface area contributed by atoms with Gasteiger partial charge in [0.15, 0.2) is 11.9 Å². The lowest BCUT2D eigenvalue weighted by Crippen LogP contribution is -2.29. The molecule has 0 fully saturated rings. The SMILES string of the molecule is CC/C=C\C/C=C\C/C=C\C/C=C\CCCCCCC(=O)O[C@H](COC(=O)CCCCCCC/C=C\C=C\C(=O)CCCCC)COP(=O)(O)O. The highest BCUT2D eigenvalue weighted by molar-refractivity contribution is 7.46. The van der Waals surface area contributed by atoms with Crippen molar-refractivity contribution in [1.29, 1.82) is 0 Å². The Kier molecular flexibility index (Phi) is 33.6. The van der Waals surface area contributed by atoms with E-state index in [-0.39, 0.29) is 25.2 Å². The molecular formula is C41H67O9P. The number of ketones is 1. The summed E-state index contributed by atoms with van der Waals surface area (Å²) in [6.45, 7) is 3.35. The van der Waals surface area contributed by atoms with Crippen molar-refractivity contribution in [1.82, 2.24) is 0 Å². The molecule has 0 heterocycles. The molecule has 0 rings (SSSR count). The summed E-state index contributed by atoms with van der Waals surface area (Å²) in [7, 11) is -4.78. The standard InChI is InChI=1S/C41H67O9P/c1-3-5-7-8-9-10-11-12-13-14-15-16-17-20-24-27-31-35-41(44)50-39(37-49-51(45,46)47)36-48-40(43)34-30-26-23-21-18-19-22-25-29-33-38(42)32-28-6-4-2/h5,7,9-10,12-13,15-16,22,25,29,33,39H,3-4,6,8,11,14,17-21,23-24,26-28,30-32,34-37H2,1-2H3,(H2,45,46,47)/b7-5-,10-9-,13-12-,16-15-,25-22-,33-29+/t39-/m1/s1. The molecule has 0 aromatic carbocycles. The summed E-state index contributed by atoms with van der Waals surface area (Å²) in [5, 5.41) is 0. The van der Waals surface area contributed by atoms with Crippen molar-refractivity contribution in [2.75, 3.05) is 13.2 Å². The lowest BCUT2D eigenvalue weighted by molar-refractivity contribution is -0.161. The second-order valence-corrected chi connectivity index (χ2v) is 13.8. The first-order valence-electron chi connectivity index (χ1n) is 19.2. The zero-order valence-electron chi connectivity index (χ0n) is 31.5. The second-order valence-electron chi connectivity index (χ2n) is 12.6. The van der Waals surface area contributed by atoms with Crippen molar-refractivity contribution in [3.05, 3.63) is 72.9 Å². The van der Waals surface area contributed by atoms with Crippen LogP contribution < -0.4 is 0 Å². The molecule has 51 heavy (non-hydrogen) atoms. The summed E-state index contributed by atoms with van der Waals surface area (Å²) < 4.78 is 26.3. The minimum absolute atomic E-state index is 0.162. The van der Waals surface area contributed by atoms with Crippen LogP contribution in [0.15, 0.2) is 72.9 Å². The fourth-order valence-electron chi connectivity index (χ4n) is 4.81. The Morgan fingerprint density at radius 1 is 0.588 bits per heavy atom. The topological polar surface area (TPSA) is 136 Å². The van der Waals surface area contributed by atoms with Gasteiger partial charge >= 0.3 is 19.8 Å². The molecule has 0 unspecified atom stereocenters. The summed E-state index contributed by atoms with van der Waals surface area (Å²) in [6, 6.07) is 0. The fourth-order valence-corrected chi connectivity index (χ4v) is 5.17. The van der Waals surface area contributed by atoms with E-state index >= 15 is 0 Å². The van der Waals surface area contributed by atoms with Crippen molar-refractivity contribution >= 4 is 25.5 Å². The zero-order valence-corrected chi connectivity index (χ0v) is 32.4. The van der Waals surface area contributed by atoms with Gasteiger partial charge in [0.1, 0.15) is 6.61 Å². The Balaban J connectivity index is 4.10. The van der Waals surface area contributed by atoms with Gasteiger partial charge < -0.3 is 19.3 Å². The molecular weight excluding hydrogens is 667 g/mol. The van der Waals surface area contributed by atoms with Crippen LogP contribution in [0.4, 0.5) is 0 Å². The van der Waals surface area contributed by atoms with Crippen molar-refractivity contribution in [3.8, 4) is 0 Å². The van der Waals surface area contributed by atoms with Gasteiger partial charge in [-0.15, -0.1) is 0 Å². The maximum atomic E-state index is 12.4. The van der Waals surface area contributed by atoms with Gasteiger partial charge in [-0.1, -0.05) is 126 Å². The van der Waals surface area contributed by atoms with Crippen LogP contribution in [0.3, 0.4) is 0 Å². The zero-order chi connectivity index (χ0) is 37.7. The minimum atomic E-state index is -4.78. The van der Waals surface area contributed by atoms with Crippen LogP contribution >= 0.6 is 7.82 Å². The number of hydrogen-bond donors (Lipinski definition) is 2. The summed E-state index contributed by atoms with van der Waals surface area (Å²) in [5.41, 5.74) is 0. The molecule has 0 aromatic rings. The molecule has 0 aliphatic carbocycles. The first-order chi connectivity index (χ1) is 24.7. The normalized spacial score (nSPS) is 13.2. The van der Waals surface area contributed by atoms with Crippen LogP contribution in [-0.4, -0.2) is 46.8 Å². The third-order valence-corrected chi connectivity index (χ3v) is 8.17. The van der Waals surface area contributed by atoms with Gasteiger partial charge in [0.05, 0.1) is 6.61 Å². The van der Waals surface area contributed by atoms with E-state index < -0.39 is 32.5 Å². The van der Waals surface area contributed by atoms with Gasteiger partial charge in [0.2, 0.25) is 0 Å². The maximum absolute atomic E-state index is 12.4. The van der Waals surface area contributed by atoms with Crippen LogP contribution in [0.5, 0.6) is 0 Å². The average Bonchev–Trinajstić information content (AvgIpc) is 3.09. The Morgan fingerprint density at radius 2 is 1.12 bits per heavy atom. The summed E-state index contributed by atoms with van der Waals surface area (Å²) in [6.07, 6.45) is 41.7. The lowest BCUT2D eigenvalue weighted by atomic mass is 10.1. The van der Waals surface area contributed by atoms with Crippen molar-refractivity contribution in [2.24, 2.45) is 0 Å². The number of carbonyl (C=O) groups excluding carboxylic acids is 3. The van der Waals surface area contributed by atoms with Crippen LogP contribution in [0, 0.1) is 0 Å². The molecule has 0 saturated carbocycles. The predicted molar refractivity (Wildman–Crippen MR) is 207 cm³/mol. The van der Waals surface area contributed by atoms with E-state index in [0.29, 0.717) is 19.3 Å². The van der Waals surface area contributed by atoms with E-state index in [0.717, 1.165) is 103 Å². The smallest absolute Gasteiger partial charge is 0.462 e. The predicted octanol–water partition coefficient (Wildman–Crippen LogP) is 10.7. The van der Waals surface area contributed by atoms with Gasteiger partial charge in [0.25, 0.3) is 0 Å². The maximum Gasteiger partial charge on any atom is 0.469 e. The largest absolute Gasteiger partial charge is 0.469 e. The van der Waals surface area contributed by atoms with Gasteiger partial charge in [-0.05, 0) is 76.7 Å². The summed E-state index contributed by atoms with van der Waals surface area (Å²) in [5.74, 6) is -0.811. The Morgan fingerprint density at radius 3 is 1.73 bits per heavy atom. The van der Waals surface area contributed by atoms with Crippen molar-refractivity contribution in [2.45, 2.75) is 155 Å². The summed E-state index contributed by atoms with van der Waals surface area (Å²) in [4.78, 5) is 54.4. The minimum Gasteiger partial charge on any atom is -0.462 e. The molecule has 9 nitrogen and oxygen atoms in total. The van der Waals surface area contributed by atoms with E-state index in [4.69, 9.17) is 19.3 Å². The third kappa shape index (κ3) is 38.2. The number of phosphoric acid groups is 1. The first-order valence-corrected chi connectivity index (χ1v) is 20.7. The Hall–Kier alpha value is -2.84. The number of phosphoric ester groups is 1. The van der Waals surface area contributed by atoms with Crippen LogP contribution in [0.2, 0.25) is 0 Å². The highest BCUT2D eigenvalue weighted by Crippen LogP contribution is 2.36. The van der Waals surface area contributed by atoms with E-state index in [1.165, 1.54) is 0 Å². The van der Waals surface area contributed by atoms with Gasteiger partial charge in [0, 0.05) is 19.3 Å². The number of rotatable bonds is 34. The number of unbranched alkanes of at least 4 members (excludes halogenated alkanes) is 11. The molecule has 290 valence electrons. The van der Waals surface area contributed by atoms with Gasteiger partial charge in [-0.2, -0.15) is 0 Å². The molecule has 2 N–H and O–H groups in total. The lowest BCUT2D eigenvalue weighted by Gasteiger charge is -2.18. The van der Waals surface area contributed by atoms with Crippen LogP contribution in [0.25, 0.3) is 0 Å². The Labute approximate surface area is 308 Å². The summed E-state index contributed by atoms with van der Waals surface area (Å²) >= 11 is 0. The van der Waals surface area contributed by atoms with E-state index in [2.05, 4.69) is 73.1 Å². The molecule has 0 radical (unpaired) electrons. The molecule has 10 heteroatoms. The number of ether oxygens (including phenoxy) is 2. The highest BCUT2D eigenvalue weighted by Gasteiger charge is 2.22. The molecule has 0 aliphatic heterocycles. The third-order valence-electron chi connectivity index (χ3n) is 7.69. The van der Waals surface area contributed by atoms with Gasteiger partial charge in [-0.3, -0.25) is 18.9 Å². The Bertz CT molecular complexity index is 1110. The van der Waals surface area contributed by atoms with E-state index in [9.17, 15) is 18.9 Å². The molecule has 0 amide bonds. The average molecular weight is 735 g/mol. The number of carbonyl (C=O) groups is 3. The molecule has 0 aliphatic rings.